The van der Waals surface area contributed by atoms with Crippen molar-refractivity contribution in [2.45, 2.75) is 6.18 Å². The third-order valence-electron chi connectivity index (χ3n) is 5.27. The van der Waals surface area contributed by atoms with Crippen molar-refractivity contribution in [1.82, 2.24) is 4.40 Å². The molecule has 0 spiro atoms. The number of anilines is 1. The number of carbonyl (C=O) groups is 3. The molecular weight excluding hydrogens is 453 g/mol. The summed E-state index contributed by atoms with van der Waals surface area (Å²) >= 11 is 0. The lowest BCUT2D eigenvalue weighted by Gasteiger charge is -2.11. The predicted octanol–water partition coefficient (Wildman–Crippen LogP) is 4.94. The van der Waals surface area contributed by atoms with Gasteiger partial charge in [0.15, 0.2) is 0 Å². The van der Waals surface area contributed by atoms with Gasteiger partial charge in [-0.25, -0.2) is 9.59 Å². The second kappa shape index (κ2) is 8.54. The van der Waals surface area contributed by atoms with E-state index in [4.69, 9.17) is 9.47 Å². The van der Waals surface area contributed by atoms with Crippen LogP contribution in [0.5, 0.6) is 0 Å². The average Bonchev–Trinajstić information content (AvgIpc) is 3.18. The Morgan fingerprint density at radius 2 is 1.56 bits per heavy atom. The first-order valence-electron chi connectivity index (χ1n) is 9.88. The Kier molecular flexibility index (Phi) is 5.74. The molecule has 7 nitrogen and oxygen atoms in total. The van der Waals surface area contributed by atoms with Crippen molar-refractivity contribution in [2.24, 2.45) is 0 Å². The molecule has 0 fully saturated rings. The Morgan fingerprint density at radius 1 is 0.882 bits per heavy atom. The molecule has 2 aromatic heterocycles. The van der Waals surface area contributed by atoms with E-state index >= 15 is 0 Å². The molecule has 0 radical (unpaired) electrons. The van der Waals surface area contributed by atoms with Crippen LogP contribution in [0.1, 0.15) is 36.8 Å². The second-order valence-corrected chi connectivity index (χ2v) is 7.24. The summed E-state index contributed by atoms with van der Waals surface area (Å²) in [5.41, 5.74) is -1.73. The van der Waals surface area contributed by atoms with Crippen LogP contribution in [0.3, 0.4) is 0 Å². The van der Waals surface area contributed by atoms with E-state index in [2.05, 4.69) is 5.32 Å². The van der Waals surface area contributed by atoms with Crippen molar-refractivity contribution in [3.05, 3.63) is 83.2 Å². The Morgan fingerprint density at radius 3 is 2.24 bits per heavy atom. The number of esters is 2. The fourth-order valence-corrected chi connectivity index (χ4v) is 3.80. The molecule has 4 aromatic rings. The summed E-state index contributed by atoms with van der Waals surface area (Å²) in [6.07, 6.45) is -3.13. The number of pyridine rings is 1. The van der Waals surface area contributed by atoms with Gasteiger partial charge in [0.1, 0.15) is 16.8 Å². The Labute approximate surface area is 190 Å². The monoisotopic (exact) mass is 470 g/mol. The molecule has 0 aliphatic heterocycles. The van der Waals surface area contributed by atoms with E-state index in [0.29, 0.717) is 5.39 Å². The first kappa shape index (κ1) is 22.8. The maximum atomic E-state index is 13.3. The van der Waals surface area contributed by atoms with E-state index < -0.39 is 29.6 Å². The highest BCUT2D eigenvalue weighted by molar-refractivity contribution is 6.21. The highest BCUT2D eigenvalue weighted by Gasteiger charge is 2.34. The van der Waals surface area contributed by atoms with Gasteiger partial charge in [0.05, 0.1) is 25.3 Å². The first-order valence-corrected chi connectivity index (χ1v) is 9.88. The van der Waals surface area contributed by atoms with Gasteiger partial charge in [-0.1, -0.05) is 30.3 Å². The molecule has 0 atom stereocenters. The van der Waals surface area contributed by atoms with Crippen LogP contribution < -0.4 is 5.32 Å². The van der Waals surface area contributed by atoms with E-state index in [0.717, 1.165) is 37.8 Å². The van der Waals surface area contributed by atoms with Gasteiger partial charge >= 0.3 is 18.1 Å². The highest BCUT2D eigenvalue weighted by atomic mass is 19.4. The topological polar surface area (TPSA) is 86.1 Å². The molecule has 2 heterocycles. The van der Waals surface area contributed by atoms with Crippen molar-refractivity contribution in [3.8, 4) is 0 Å². The summed E-state index contributed by atoms with van der Waals surface area (Å²) in [6.45, 7) is 0. The molecule has 34 heavy (non-hydrogen) atoms. The second-order valence-electron chi connectivity index (χ2n) is 7.24. The number of carbonyl (C=O) groups excluding carboxylic acids is 3. The molecule has 174 valence electrons. The lowest BCUT2D eigenvalue weighted by atomic mass is 10.1. The Hall–Kier alpha value is -4.34. The van der Waals surface area contributed by atoms with Gasteiger partial charge in [0.25, 0.3) is 5.91 Å². The molecule has 0 bridgehead atoms. The maximum Gasteiger partial charge on any atom is 0.416 e. The highest BCUT2D eigenvalue weighted by Crippen LogP contribution is 2.33. The molecule has 0 unspecified atom stereocenters. The molecule has 10 heteroatoms. The van der Waals surface area contributed by atoms with Gasteiger partial charge in [0.2, 0.25) is 0 Å². The minimum Gasteiger partial charge on any atom is -0.465 e. The first-order chi connectivity index (χ1) is 16.2. The summed E-state index contributed by atoms with van der Waals surface area (Å²) in [5.74, 6) is -2.78. The van der Waals surface area contributed by atoms with Crippen LogP contribution in [-0.4, -0.2) is 36.5 Å². The number of hydrogen-bond acceptors (Lipinski definition) is 5. The summed E-state index contributed by atoms with van der Waals surface area (Å²) in [6, 6.07) is 12.7. The van der Waals surface area contributed by atoms with E-state index in [1.54, 1.807) is 30.3 Å². The quantitative estimate of drug-likeness (QED) is 0.427. The third-order valence-corrected chi connectivity index (χ3v) is 5.27. The normalized spacial score (nSPS) is 11.4. The summed E-state index contributed by atoms with van der Waals surface area (Å²) in [5, 5.41) is 3.65. The number of hydrogen-bond donors (Lipinski definition) is 1. The average molecular weight is 470 g/mol. The fraction of sp³-hybridized carbons (Fsp3) is 0.125. The van der Waals surface area contributed by atoms with Crippen molar-refractivity contribution >= 4 is 39.8 Å². The summed E-state index contributed by atoms with van der Waals surface area (Å²) < 4.78 is 50.3. The smallest absolute Gasteiger partial charge is 0.416 e. The van der Waals surface area contributed by atoms with Crippen molar-refractivity contribution in [2.75, 3.05) is 19.5 Å². The Balaban J connectivity index is 1.98. The van der Waals surface area contributed by atoms with E-state index in [-0.39, 0.29) is 28.0 Å². The van der Waals surface area contributed by atoms with Crippen LogP contribution in [0.4, 0.5) is 18.9 Å². The zero-order chi connectivity index (χ0) is 24.6. The van der Waals surface area contributed by atoms with Crippen LogP contribution in [0, 0.1) is 0 Å². The molecule has 0 aliphatic rings. The molecule has 0 aliphatic carbocycles. The number of nitrogens with one attached hydrogen (secondary N) is 1. The number of methoxy groups -OCH3 is 2. The minimum atomic E-state index is -4.61. The number of amides is 1. The zero-order valence-electron chi connectivity index (χ0n) is 17.9. The van der Waals surface area contributed by atoms with Gasteiger partial charge in [-0.3, -0.25) is 4.79 Å². The van der Waals surface area contributed by atoms with E-state index in [9.17, 15) is 27.6 Å². The predicted molar refractivity (Wildman–Crippen MR) is 117 cm³/mol. The number of fused-ring (bicyclic) bond motifs is 3. The SMILES string of the molecule is COC(=O)c1c(C(=O)OC)c2c3ccccc3ccn2c1C(=O)Nc1cccc(C(F)(F)F)c1. The van der Waals surface area contributed by atoms with E-state index in [1.165, 1.54) is 16.7 Å². The van der Waals surface area contributed by atoms with Crippen LogP contribution in [-0.2, 0) is 15.7 Å². The largest absolute Gasteiger partial charge is 0.465 e. The molecule has 2 aromatic carbocycles. The van der Waals surface area contributed by atoms with Gasteiger partial charge in [-0.2, -0.15) is 13.2 Å². The fourth-order valence-electron chi connectivity index (χ4n) is 3.80. The number of aromatic nitrogens is 1. The lowest BCUT2D eigenvalue weighted by molar-refractivity contribution is -0.137. The lowest BCUT2D eigenvalue weighted by Crippen LogP contribution is -2.20. The number of rotatable bonds is 4. The number of halogens is 3. The number of nitrogens with zero attached hydrogens (tertiary/aromatic N) is 1. The molecule has 1 N–H and O–H groups in total. The van der Waals surface area contributed by atoms with Crippen molar-refractivity contribution in [3.63, 3.8) is 0 Å². The molecular formula is C24H17F3N2O5. The number of benzene rings is 2. The standard InChI is InChI=1S/C24H17F3N2O5/c1-33-22(31)17-18(23(32)34-2)20(29-11-10-13-6-3-4-9-16(13)19(17)29)21(30)28-15-8-5-7-14(12-15)24(25,26)27/h3-12H,1-2H3,(H,28,30). The maximum absolute atomic E-state index is 13.3. The van der Waals surface area contributed by atoms with Crippen LogP contribution in [0.25, 0.3) is 16.3 Å². The Bertz CT molecular complexity index is 1460. The molecule has 1 amide bonds. The van der Waals surface area contributed by atoms with Crippen LogP contribution in [0.15, 0.2) is 60.8 Å². The molecule has 0 saturated carbocycles. The van der Waals surface area contributed by atoms with Crippen molar-refractivity contribution < 1.29 is 37.0 Å². The molecule has 4 rings (SSSR count). The van der Waals surface area contributed by atoms with Gasteiger partial charge in [-0.05, 0) is 29.7 Å². The number of ether oxygens (including phenoxy) is 2. The summed E-state index contributed by atoms with van der Waals surface area (Å²) in [7, 11) is 2.21. The van der Waals surface area contributed by atoms with Crippen molar-refractivity contribution in [1.29, 1.82) is 0 Å². The van der Waals surface area contributed by atoms with Gasteiger partial charge in [0, 0.05) is 17.3 Å². The number of alkyl halides is 3. The molecule has 0 saturated heterocycles. The van der Waals surface area contributed by atoms with Gasteiger partial charge < -0.3 is 19.2 Å². The van der Waals surface area contributed by atoms with E-state index in [1.807, 2.05) is 0 Å². The van der Waals surface area contributed by atoms with Gasteiger partial charge in [-0.15, -0.1) is 0 Å². The van der Waals surface area contributed by atoms with Crippen LogP contribution >= 0.6 is 0 Å². The third kappa shape index (κ3) is 3.83. The summed E-state index contributed by atoms with van der Waals surface area (Å²) in [4.78, 5) is 38.8. The minimum absolute atomic E-state index is 0.147. The zero-order valence-corrected chi connectivity index (χ0v) is 17.9. The van der Waals surface area contributed by atoms with Crippen LogP contribution in [0.2, 0.25) is 0 Å².